The second-order valence-corrected chi connectivity index (χ2v) is 6.40. The highest BCUT2D eigenvalue weighted by Crippen LogP contribution is 2.32. The summed E-state index contributed by atoms with van der Waals surface area (Å²) >= 11 is 5.77. The van der Waals surface area contributed by atoms with Crippen LogP contribution in [-0.4, -0.2) is 38.5 Å². The average Bonchev–Trinajstić information content (AvgIpc) is 2.70. The number of fused-ring (bicyclic) bond motifs is 1. The number of nitro benzene ring substituents is 1. The summed E-state index contributed by atoms with van der Waals surface area (Å²) in [6.45, 7) is 0.999. The summed E-state index contributed by atoms with van der Waals surface area (Å²) < 4.78 is 0.901. The van der Waals surface area contributed by atoms with Gasteiger partial charge in [-0.3, -0.25) is 19.7 Å². The Balaban J connectivity index is 1.69. The molecular weight excluding hydrogens is 418 g/mol. The number of benzene rings is 2. The molecule has 1 aromatic heterocycles. The van der Waals surface area contributed by atoms with E-state index in [1.54, 1.807) is 31.2 Å². The van der Waals surface area contributed by atoms with Gasteiger partial charge >= 0.3 is 5.69 Å². The maximum Gasteiger partial charge on any atom is 0.312 e. The summed E-state index contributed by atoms with van der Waals surface area (Å²) in [5, 5.41) is 24.7. The van der Waals surface area contributed by atoms with Crippen LogP contribution in [0.2, 0.25) is 5.02 Å². The Hall–Kier alpha value is -3.99. The number of nitro groups is 1. The Labute approximate surface area is 173 Å². The van der Waals surface area contributed by atoms with E-state index in [1.165, 1.54) is 6.07 Å². The third kappa shape index (κ3) is 4.36. The van der Waals surface area contributed by atoms with Crippen LogP contribution in [0.15, 0.2) is 46.3 Å². The lowest BCUT2D eigenvalue weighted by Gasteiger charge is -2.11. The molecule has 0 saturated heterocycles. The fraction of sp³-hybridized carbons (Fsp3) is 0.111. The Morgan fingerprint density at radius 1 is 1.43 bits per heavy atom. The predicted molar refractivity (Wildman–Crippen MR) is 108 cm³/mol. The second kappa shape index (κ2) is 8.57. The number of halogens is 1. The van der Waals surface area contributed by atoms with Crippen LogP contribution in [0.5, 0.6) is 5.75 Å². The largest absolute Gasteiger partial charge is 0.502 e. The Morgan fingerprint density at radius 2 is 2.17 bits per heavy atom. The van der Waals surface area contributed by atoms with E-state index in [4.69, 9.17) is 16.4 Å². The van der Waals surface area contributed by atoms with Gasteiger partial charge in [0.2, 0.25) is 5.75 Å². The number of carbonyl (C=O) groups excluding carboxylic acids is 1. The van der Waals surface area contributed by atoms with Crippen LogP contribution in [0.25, 0.3) is 10.9 Å². The molecule has 0 radical (unpaired) electrons. The van der Waals surface area contributed by atoms with Crippen LogP contribution in [0.4, 0.5) is 5.69 Å². The molecule has 0 aliphatic rings. The molecule has 11 nitrogen and oxygen atoms in total. The minimum absolute atomic E-state index is 0.00858. The normalized spacial score (nSPS) is 11.0. The number of hydrogen-bond donors (Lipinski definition) is 2. The molecule has 3 rings (SSSR count). The average molecular weight is 432 g/mol. The number of phenols is 1. The first kappa shape index (κ1) is 20.7. The first-order chi connectivity index (χ1) is 14.3. The topological polar surface area (TPSA) is 149 Å². The second-order valence-electron chi connectivity index (χ2n) is 5.96. The summed E-state index contributed by atoms with van der Waals surface area (Å²) in [4.78, 5) is 43.9. The van der Waals surface area contributed by atoms with Crippen LogP contribution in [0, 0.1) is 17.0 Å². The van der Waals surface area contributed by atoms with Gasteiger partial charge < -0.3 is 9.94 Å². The molecule has 0 aliphatic carbocycles. The van der Waals surface area contributed by atoms with E-state index < -0.39 is 34.4 Å². The van der Waals surface area contributed by atoms with E-state index in [0.717, 1.165) is 17.0 Å². The molecule has 0 saturated carbocycles. The van der Waals surface area contributed by atoms with Crippen LogP contribution in [-0.2, 0) is 4.79 Å². The maximum absolute atomic E-state index is 12.5. The molecule has 0 fully saturated rings. The van der Waals surface area contributed by atoms with Crippen LogP contribution in [0.3, 0.4) is 0 Å². The number of aromatic hydroxyl groups is 1. The Kier molecular flexibility index (Phi) is 5.93. The minimum atomic E-state index is -0.803. The SMILES string of the molecule is Cc1nc2ccccc2c(=O)n1OCC(=O)N/N=C/c1cc(Cl)cc([N+](=O)[O-])c1O. The van der Waals surface area contributed by atoms with Crippen molar-refractivity contribution in [1.82, 2.24) is 15.1 Å². The van der Waals surface area contributed by atoms with E-state index in [9.17, 15) is 24.8 Å². The smallest absolute Gasteiger partial charge is 0.312 e. The number of nitrogens with zero attached hydrogens (tertiary/aromatic N) is 4. The number of para-hydroxylation sites is 1. The van der Waals surface area contributed by atoms with E-state index >= 15 is 0 Å². The van der Waals surface area contributed by atoms with Gasteiger partial charge in [-0.25, -0.2) is 10.4 Å². The van der Waals surface area contributed by atoms with Crippen molar-refractivity contribution in [3.63, 3.8) is 0 Å². The Bertz CT molecular complexity index is 1240. The van der Waals surface area contributed by atoms with Gasteiger partial charge in [-0.05, 0) is 25.1 Å². The van der Waals surface area contributed by atoms with Gasteiger partial charge in [-0.15, -0.1) is 4.73 Å². The molecule has 2 N–H and O–H groups in total. The van der Waals surface area contributed by atoms with E-state index in [-0.39, 0.29) is 16.4 Å². The molecule has 2 aromatic carbocycles. The highest BCUT2D eigenvalue weighted by molar-refractivity contribution is 6.31. The van der Waals surface area contributed by atoms with Crippen molar-refractivity contribution in [3.8, 4) is 5.75 Å². The number of amides is 1. The van der Waals surface area contributed by atoms with E-state index in [2.05, 4.69) is 15.5 Å². The van der Waals surface area contributed by atoms with Crippen LogP contribution in [0.1, 0.15) is 11.4 Å². The van der Waals surface area contributed by atoms with Gasteiger partial charge in [-0.2, -0.15) is 5.10 Å². The summed E-state index contributed by atoms with van der Waals surface area (Å²) in [6.07, 6.45) is 0.987. The zero-order valence-electron chi connectivity index (χ0n) is 15.4. The van der Waals surface area contributed by atoms with Crippen molar-refractivity contribution in [3.05, 3.63) is 73.3 Å². The van der Waals surface area contributed by atoms with E-state index in [0.29, 0.717) is 10.9 Å². The molecular formula is C18H14ClN5O6. The van der Waals surface area contributed by atoms with Gasteiger partial charge in [0.1, 0.15) is 5.82 Å². The molecule has 12 heteroatoms. The Morgan fingerprint density at radius 3 is 2.90 bits per heavy atom. The lowest BCUT2D eigenvalue weighted by molar-refractivity contribution is -0.385. The molecule has 1 heterocycles. The molecule has 0 atom stereocenters. The minimum Gasteiger partial charge on any atom is -0.502 e. The van der Waals surface area contributed by atoms with Crippen molar-refractivity contribution < 1.29 is 19.7 Å². The molecule has 0 unspecified atom stereocenters. The van der Waals surface area contributed by atoms with Crippen molar-refractivity contribution in [2.75, 3.05) is 6.61 Å². The molecule has 154 valence electrons. The first-order valence-electron chi connectivity index (χ1n) is 8.38. The lowest BCUT2D eigenvalue weighted by Crippen LogP contribution is -2.35. The number of aromatic nitrogens is 2. The summed E-state index contributed by atoms with van der Waals surface area (Å²) in [5.41, 5.74) is 1.49. The highest BCUT2D eigenvalue weighted by atomic mass is 35.5. The fourth-order valence-electron chi connectivity index (χ4n) is 2.55. The van der Waals surface area contributed by atoms with E-state index in [1.807, 2.05) is 0 Å². The number of rotatable bonds is 6. The summed E-state index contributed by atoms with van der Waals surface area (Å²) in [6, 6.07) is 8.92. The van der Waals surface area contributed by atoms with Crippen LogP contribution >= 0.6 is 11.6 Å². The number of aryl methyl sites for hydroxylation is 1. The lowest BCUT2D eigenvalue weighted by atomic mass is 10.2. The number of hydrogen-bond acceptors (Lipinski definition) is 8. The third-order valence-corrected chi connectivity index (χ3v) is 4.11. The quantitative estimate of drug-likeness (QED) is 0.341. The van der Waals surface area contributed by atoms with Crippen molar-refractivity contribution in [1.29, 1.82) is 0 Å². The zero-order chi connectivity index (χ0) is 21.8. The first-order valence-corrected chi connectivity index (χ1v) is 8.76. The third-order valence-electron chi connectivity index (χ3n) is 3.89. The molecule has 0 bridgehead atoms. The summed E-state index contributed by atoms with van der Waals surface area (Å²) in [5.74, 6) is -1.11. The number of hydrazone groups is 1. The van der Waals surface area contributed by atoms with Gasteiger partial charge in [0.15, 0.2) is 6.61 Å². The van der Waals surface area contributed by atoms with Crippen LogP contribution < -0.4 is 15.8 Å². The van der Waals surface area contributed by atoms with Crippen molar-refractivity contribution in [2.45, 2.75) is 6.92 Å². The maximum atomic E-state index is 12.5. The number of carbonyl (C=O) groups is 1. The van der Waals surface area contributed by atoms with Crippen molar-refractivity contribution in [2.24, 2.45) is 5.10 Å². The molecule has 3 aromatic rings. The molecule has 30 heavy (non-hydrogen) atoms. The van der Waals surface area contributed by atoms with Gasteiger partial charge in [0, 0.05) is 16.7 Å². The number of nitrogens with one attached hydrogen (secondary N) is 1. The fourth-order valence-corrected chi connectivity index (χ4v) is 2.77. The monoisotopic (exact) mass is 431 g/mol. The number of phenolic OH excluding ortho intramolecular Hbond substituents is 1. The van der Waals surface area contributed by atoms with Crippen molar-refractivity contribution >= 4 is 40.3 Å². The predicted octanol–water partition coefficient (Wildman–Crippen LogP) is 1.55. The molecule has 0 spiro atoms. The highest BCUT2D eigenvalue weighted by Gasteiger charge is 2.18. The van der Waals surface area contributed by atoms with Gasteiger partial charge in [-0.1, -0.05) is 23.7 Å². The standard InChI is InChI=1S/C18H14ClN5O6/c1-10-21-14-5-3-2-4-13(14)18(27)23(10)30-9-16(25)22-20-8-11-6-12(19)7-15(17(11)26)24(28)29/h2-8,26H,9H2,1H3,(H,22,25)/b20-8+. The summed E-state index contributed by atoms with van der Waals surface area (Å²) in [7, 11) is 0. The zero-order valence-corrected chi connectivity index (χ0v) is 16.2. The van der Waals surface area contributed by atoms with Gasteiger partial charge in [0.25, 0.3) is 11.5 Å². The molecule has 0 aliphatic heterocycles. The van der Waals surface area contributed by atoms with Gasteiger partial charge in [0.05, 0.1) is 22.0 Å². The molecule has 1 amide bonds.